The van der Waals surface area contributed by atoms with Crippen LogP contribution in [0.15, 0.2) is 12.7 Å². The van der Waals surface area contributed by atoms with Crippen LogP contribution in [-0.2, 0) is 4.79 Å². The molecule has 1 rings (SSSR count). The minimum atomic E-state index is -0.481. The lowest BCUT2D eigenvalue weighted by atomic mass is 9.92. The van der Waals surface area contributed by atoms with E-state index in [1.54, 1.807) is 0 Å². The number of amides is 1. The highest BCUT2D eigenvalue weighted by Crippen LogP contribution is 2.14. The molecule has 4 nitrogen and oxygen atoms in total. The van der Waals surface area contributed by atoms with Gasteiger partial charge in [0.05, 0.1) is 0 Å². The van der Waals surface area contributed by atoms with Crippen molar-refractivity contribution in [2.75, 3.05) is 0 Å². The highest BCUT2D eigenvalue weighted by Gasteiger charge is 2.16. The molecule has 0 saturated heterocycles. The van der Waals surface area contributed by atoms with Gasteiger partial charge in [0, 0.05) is 12.1 Å². The summed E-state index contributed by atoms with van der Waals surface area (Å²) in [5, 5.41) is 0. The largest absolute Gasteiger partial charge is 0.366 e. The molecule has 6 N–H and O–H groups in total. The van der Waals surface area contributed by atoms with E-state index in [1.165, 1.54) is 12.8 Å². The second-order valence-electron chi connectivity index (χ2n) is 3.22. The van der Waals surface area contributed by atoms with Crippen molar-refractivity contribution in [3.05, 3.63) is 12.7 Å². The fourth-order valence-corrected chi connectivity index (χ4v) is 1.19. The first-order valence-corrected chi connectivity index (χ1v) is 4.51. The Hall–Kier alpha value is -0.870. The van der Waals surface area contributed by atoms with Gasteiger partial charge in [0.15, 0.2) is 0 Å². The van der Waals surface area contributed by atoms with Crippen molar-refractivity contribution in [2.24, 2.45) is 17.2 Å². The van der Waals surface area contributed by atoms with Gasteiger partial charge in [0.2, 0.25) is 5.91 Å². The Kier molecular flexibility index (Phi) is 6.18. The smallest absolute Gasteiger partial charge is 0.240 e. The molecule has 1 amide bonds. The minimum absolute atomic E-state index is 0.281. The average molecular weight is 185 g/mol. The van der Waals surface area contributed by atoms with Gasteiger partial charge in [-0.1, -0.05) is 19.4 Å². The molecule has 1 saturated carbocycles. The third-order valence-corrected chi connectivity index (χ3v) is 2.08. The lowest BCUT2D eigenvalue weighted by Gasteiger charge is -2.24. The van der Waals surface area contributed by atoms with Crippen molar-refractivity contribution in [1.82, 2.24) is 0 Å². The molecule has 76 valence electrons. The van der Waals surface area contributed by atoms with Gasteiger partial charge < -0.3 is 17.2 Å². The summed E-state index contributed by atoms with van der Waals surface area (Å²) >= 11 is 0. The first kappa shape index (κ1) is 12.1. The SMILES string of the molecule is C=CC(N)=O.NC1CCCCC1N. The maximum absolute atomic E-state index is 9.47. The predicted molar refractivity (Wildman–Crippen MR) is 53.8 cm³/mol. The average Bonchev–Trinajstić information content (AvgIpc) is 2.11. The van der Waals surface area contributed by atoms with Crippen molar-refractivity contribution in [3.63, 3.8) is 0 Å². The van der Waals surface area contributed by atoms with Gasteiger partial charge in [0.1, 0.15) is 0 Å². The summed E-state index contributed by atoms with van der Waals surface area (Å²) in [6.45, 7) is 3.09. The van der Waals surface area contributed by atoms with Gasteiger partial charge in [0.25, 0.3) is 0 Å². The second kappa shape index (κ2) is 6.62. The van der Waals surface area contributed by atoms with Crippen molar-refractivity contribution < 1.29 is 4.79 Å². The molecule has 0 spiro atoms. The molecule has 0 aromatic carbocycles. The zero-order valence-corrected chi connectivity index (χ0v) is 7.91. The van der Waals surface area contributed by atoms with Gasteiger partial charge in [-0.2, -0.15) is 0 Å². The van der Waals surface area contributed by atoms with E-state index >= 15 is 0 Å². The van der Waals surface area contributed by atoms with Gasteiger partial charge in [-0.05, 0) is 18.9 Å². The van der Waals surface area contributed by atoms with Crippen LogP contribution in [0.5, 0.6) is 0 Å². The quantitative estimate of drug-likeness (QED) is 0.497. The van der Waals surface area contributed by atoms with E-state index in [0.29, 0.717) is 0 Å². The fraction of sp³-hybridized carbons (Fsp3) is 0.667. The molecule has 2 atom stereocenters. The molecule has 0 aromatic rings. The van der Waals surface area contributed by atoms with Crippen LogP contribution in [0.1, 0.15) is 25.7 Å². The summed E-state index contributed by atoms with van der Waals surface area (Å²) < 4.78 is 0. The summed E-state index contributed by atoms with van der Waals surface area (Å²) in [6.07, 6.45) is 5.85. The monoisotopic (exact) mass is 185 g/mol. The van der Waals surface area contributed by atoms with Crippen molar-refractivity contribution >= 4 is 5.91 Å². The number of carbonyl (C=O) groups is 1. The number of carbonyl (C=O) groups excluding carboxylic acids is 1. The molecule has 4 heteroatoms. The lowest BCUT2D eigenvalue weighted by molar-refractivity contribution is -0.113. The molecule has 1 aliphatic carbocycles. The summed E-state index contributed by atoms with van der Waals surface area (Å²) in [5.74, 6) is -0.481. The van der Waals surface area contributed by atoms with Crippen LogP contribution >= 0.6 is 0 Å². The molecule has 0 aromatic heterocycles. The Morgan fingerprint density at radius 1 is 1.23 bits per heavy atom. The number of hydrogen-bond donors (Lipinski definition) is 3. The Morgan fingerprint density at radius 3 is 1.69 bits per heavy atom. The first-order chi connectivity index (χ1) is 6.07. The normalized spacial score (nSPS) is 26.9. The second-order valence-corrected chi connectivity index (χ2v) is 3.22. The van der Waals surface area contributed by atoms with Crippen LogP contribution in [0.2, 0.25) is 0 Å². The van der Waals surface area contributed by atoms with Gasteiger partial charge in [-0.15, -0.1) is 0 Å². The van der Waals surface area contributed by atoms with E-state index in [1.807, 2.05) is 0 Å². The van der Waals surface area contributed by atoms with E-state index in [0.717, 1.165) is 18.9 Å². The zero-order valence-electron chi connectivity index (χ0n) is 7.91. The Labute approximate surface area is 79.2 Å². The highest BCUT2D eigenvalue weighted by atomic mass is 16.1. The Bertz CT molecular complexity index is 160. The van der Waals surface area contributed by atoms with Crippen molar-refractivity contribution in [2.45, 2.75) is 37.8 Å². The van der Waals surface area contributed by atoms with Gasteiger partial charge in [-0.25, -0.2) is 0 Å². The van der Waals surface area contributed by atoms with Gasteiger partial charge in [-0.3, -0.25) is 4.79 Å². The Morgan fingerprint density at radius 2 is 1.54 bits per heavy atom. The topological polar surface area (TPSA) is 95.1 Å². The zero-order chi connectivity index (χ0) is 10.3. The number of hydrogen-bond acceptors (Lipinski definition) is 3. The van der Waals surface area contributed by atoms with Gasteiger partial charge >= 0.3 is 0 Å². The molecule has 2 unspecified atom stereocenters. The fourth-order valence-electron chi connectivity index (χ4n) is 1.19. The third-order valence-electron chi connectivity index (χ3n) is 2.08. The standard InChI is InChI=1S/C6H14N2.C3H5NO/c7-5-3-1-2-4-6(5)8;1-2-3(4)5/h5-6H,1-4,7-8H2;2H,1H2,(H2,4,5). The molecule has 0 heterocycles. The van der Waals surface area contributed by atoms with Crippen LogP contribution in [0, 0.1) is 0 Å². The molecule has 13 heavy (non-hydrogen) atoms. The van der Waals surface area contributed by atoms with Crippen LogP contribution < -0.4 is 17.2 Å². The predicted octanol–water partition coefficient (Wildman–Crippen LogP) is -0.127. The number of nitrogens with two attached hydrogens (primary N) is 3. The molecule has 1 aliphatic rings. The molecular formula is C9H19N3O. The summed E-state index contributed by atoms with van der Waals surface area (Å²) in [5.41, 5.74) is 15.8. The maximum Gasteiger partial charge on any atom is 0.240 e. The van der Waals surface area contributed by atoms with Crippen LogP contribution in [0.3, 0.4) is 0 Å². The Balaban J connectivity index is 0.000000252. The van der Waals surface area contributed by atoms with E-state index in [-0.39, 0.29) is 12.1 Å². The van der Waals surface area contributed by atoms with Crippen LogP contribution in [0.25, 0.3) is 0 Å². The molecular weight excluding hydrogens is 166 g/mol. The van der Waals surface area contributed by atoms with E-state index < -0.39 is 5.91 Å². The van der Waals surface area contributed by atoms with Crippen LogP contribution in [0.4, 0.5) is 0 Å². The number of rotatable bonds is 1. The number of primary amides is 1. The summed E-state index contributed by atoms with van der Waals surface area (Å²) in [6, 6.07) is 0.562. The molecule has 0 aliphatic heterocycles. The minimum Gasteiger partial charge on any atom is -0.366 e. The van der Waals surface area contributed by atoms with E-state index in [4.69, 9.17) is 11.5 Å². The summed E-state index contributed by atoms with van der Waals surface area (Å²) in [4.78, 5) is 9.47. The lowest BCUT2D eigenvalue weighted by Crippen LogP contribution is -2.43. The van der Waals surface area contributed by atoms with E-state index in [2.05, 4.69) is 12.3 Å². The molecule has 1 fully saturated rings. The van der Waals surface area contributed by atoms with E-state index in [9.17, 15) is 4.79 Å². The molecule has 0 radical (unpaired) electrons. The highest BCUT2D eigenvalue weighted by molar-refractivity contribution is 5.84. The van der Waals surface area contributed by atoms with Crippen LogP contribution in [-0.4, -0.2) is 18.0 Å². The summed E-state index contributed by atoms with van der Waals surface area (Å²) in [7, 11) is 0. The molecule has 0 bridgehead atoms. The third kappa shape index (κ3) is 6.31. The first-order valence-electron chi connectivity index (χ1n) is 4.51. The van der Waals surface area contributed by atoms with Crippen molar-refractivity contribution in [1.29, 1.82) is 0 Å². The maximum atomic E-state index is 9.47. The van der Waals surface area contributed by atoms with Crippen molar-refractivity contribution in [3.8, 4) is 0 Å².